The minimum atomic E-state index is -0.709. The Bertz CT molecular complexity index is 2030. The Kier molecular flexibility index (Phi) is 8.86. The van der Waals surface area contributed by atoms with E-state index in [1.807, 2.05) is 24.3 Å². The molecule has 1 N–H and O–H groups in total. The number of fused-ring (bicyclic) bond motifs is 3. The van der Waals surface area contributed by atoms with E-state index in [0.717, 1.165) is 16.7 Å². The van der Waals surface area contributed by atoms with E-state index in [0.29, 0.717) is 45.6 Å². The summed E-state index contributed by atoms with van der Waals surface area (Å²) in [5.74, 6) is 0.106. The maximum Gasteiger partial charge on any atom is 0.310 e. The summed E-state index contributed by atoms with van der Waals surface area (Å²) in [7, 11) is 6.07. The van der Waals surface area contributed by atoms with E-state index < -0.39 is 40.6 Å². The van der Waals surface area contributed by atoms with E-state index in [-0.39, 0.29) is 24.7 Å². The van der Waals surface area contributed by atoms with Crippen LogP contribution < -0.4 is 33.7 Å². The summed E-state index contributed by atoms with van der Waals surface area (Å²) in [4.78, 5) is 39.1. The molecular weight excluding hydrogens is 660 g/mol. The number of hydrogen-bond acceptors (Lipinski definition) is 11. The number of benzene rings is 4. The zero-order chi connectivity index (χ0) is 35.8. The molecule has 0 radical (unpaired) electrons. The Morgan fingerprint density at radius 1 is 0.843 bits per heavy atom. The maximum atomic E-state index is 14.6. The average Bonchev–Trinajstić information content (AvgIpc) is 3.78. The summed E-state index contributed by atoms with van der Waals surface area (Å²) in [6.45, 7) is 0.0776. The van der Waals surface area contributed by atoms with Gasteiger partial charge in [0, 0.05) is 29.5 Å². The standard InChI is InChI=1S/C38H34N2O11/c1-45-28-8-6-5-7-23(28)26(13-20-9-11-22(12-10-20)40(43)44)37(41)39-35-25-17-30-29(50-19-51-30)16-24(25)33(34-27(35)18-49-38(34)42)21-14-31(46-2)36(48-4)32(15-21)47-3/h5-17,27,33-35H,18-19H2,1-4H3,(H,39,41)/b26-13+/t27-,33+,34-,35+/m0/s1. The number of amides is 1. The van der Waals surface area contributed by atoms with Crippen LogP contribution in [0.15, 0.2) is 72.8 Å². The molecule has 0 unspecified atom stereocenters. The normalized spacial score (nSPS) is 20.1. The molecule has 0 bridgehead atoms. The Morgan fingerprint density at radius 2 is 1.49 bits per heavy atom. The predicted molar refractivity (Wildman–Crippen MR) is 183 cm³/mol. The molecule has 1 fully saturated rings. The summed E-state index contributed by atoms with van der Waals surface area (Å²) in [6.07, 6.45) is 1.65. The van der Waals surface area contributed by atoms with Crippen molar-refractivity contribution in [2.24, 2.45) is 11.8 Å². The molecule has 51 heavy (non-hydrogen) atoms. The third kappa shape index (κ3) is 5.90. The first-order valence-electron chi connectivity index (χ1n) is 16.1. The van der Waals surface area contributed by atoms with Gasteiger partial charge in [-0.3, -0.25) is 19.7 Å². The molecule has 0 spiro atoms. The average molecular weight is 695 g/mol. The van der Waals surface area contributed by atoms with Crippen LogP contribution in [0.5, 0.6) is 34.5 Å². The molecule has 1 saturated heterocycles. The van der Waals surface area contributed by atoms with Crippen LogP contribution in [0.25, 0.3) is 11.6 Å². The number of nitrogens with zero attached hydrogens (tertiary/aromatic N) is 1. The molecule has 13 nitrogen and oxygen atoms in total. The van der Waals surface area contributed by atoms with E-state index in [2.05, 4.69) is 5.32 Å². The van der Waals surface area contributed by atoms with Crippen molar-refractivity contribution in [3.8, 4) is 34.5 Å². The summed E-state index contributed by atoms with van der Waals surface area (Å²) in [5, 5.41) is 14.5. The number of ether oxygens (including phenoxy) is 7. The van der Waals surface area contributed by atoms with E-state index in [9.17, 15) is 19.7 Å². The minimum absolute atomic E-state index is 0.0227. The number of non-ortho nitro benzene ring substituents is 1. The number of cyclic esters (lactones) is 1. The molecule has 13 heteroatoms. The number of nitro benzene ring substituents is 1. The van der Waals surface area contributed by atoms with Gasteiger partial charge in [0.25, 0.3) is 11.6 Å². The van der Waals surface area contributed by atoms with Gasteiger partial charge in [0.1, 0.15) is 5.75 Å². The van der Waals surface area contributed by atoms with Crippen LogP contribution in [0.2, 0.25) is 0 Å². The van der Waals surface area contributed by atoms with Crippen molar-refractivity contribution in [1.29, 1.82) is 0 Å². The number of para-hydroxylation sites is 1. The molecule has 1 aliphatic carbocycles. The predicted octanol–water partition coefficient (Wildman–Crippen LogP) is 5.69. The van der Waals surface area contributed by atoms with E-state index >= 15 is 0 Å². The molecule has 0 aromatic heterocycles. The highest BCUT2D eigenvalue weighted by atomic mass is 16.7. The fourth-order valence-corrected chi connectivity index (χ4v) is 7.24. The molecule has 4 aromatic carbocycles. The SMILES string of the molecule is COc1ccccc1/C(=C\c1ccc([N+](=O)[O-])cc1)C(=O)N[C@@H]1c2cc3c(cc2[C@@H](c2cc(OC)c(OC)c(OC)c2)[C@H]2C(=O)OC[C@@H]21)OCO3. The second kappa shape index (κ2) is 13.6. The number of esters is 1. The van der Waals surface area contributed by atoms with Crippen LogP contribution in [-0.4, -0.2) is 58.6 Å². The number of methoxy groups -OCH3 is 4. The molecule has 2 aliphatic heterocycles. The van der Waals surface area contributed by atoms with Crippen molar-refractivity contribution in [2.45, 2.75) is 12.0 Å². The second-order valence-corrected chi connectivity index (χ2v) is 12.1. The second-order valence-electron chi connectivity index (χ2n) is 12.1. The molecule has 262 valence electrons. The molecule has 4 atom stereocenters. The largest absolute Gasteiger partial charge is 0.496 e. The van der Waals surface area contributed by atoms with Crippen molar-refractivity contribution < 1.29 is 47.7 Å². The van der Waals surface area contributed by atoms with Gasteiger partial charge in [-0.2, -0.15) is 0 Å². The molecule has 7 rings (SSSR count). The number of rotatable bonds is 10. The zero-order valence-corrected chi connectivity index (χ0v) is 28.2. The van der Waals surface area contributed by atoms with Crippen LogP contribution in [0.3, 0.4) is 0 Å². The lowest BCUT2D eigenvalue weighted by molar-refractivity contribution is -0.384. The number of nitrogens with one attached hydrogen (secondary N) is 1. The fourth-order valence-electron chi connectivity index (χ4n) is 7.24. The quantitative estimate of drug-likeness (QED) is 0.0716. The van der Waals surface area contributed by atoms with Crippen molar-refractivity contribution in [2.75, 3.05) is 41.8 Å². The third-order valence-corrected chi connectivity index (χ3v) is 9.58. The van der Waals surface area contributed by atoms with Gasteiger partial charge in [-0.15, -0.1) is 0 Å². The Labute approximate surface area is 292 Å². The number of carbonyl (C=O) groups excluding carboxylic acids is 2. The van der Waals surface area contributed by atoms with E-state index in [1.54, 1.807) is 42.5 Å². The smallest absolute Gasteiger partial charge is 0.310 e. The molecule has 3 aliphatic rings. The third-order valence-electron chi connectivity index (χ3n) is 9.58. The fraction of sp³-hybridized carbons (Fsp3) is 0.263. The topological polar surface area (TPSA) is 154 Å². The van der Waals surface area contributed by atoms with Gasteiger partial charge in [0.15, 0.2) is 23.0 Å². The Hall–Kier alpha value is -6.24. The van der Waals surface area contributed by atoms with Crippen LogP contribution >= 0.6 is 0 Å². The van der Waals surface area contributed by atoms with Crippen LogP contribution in [-0.2, 0) is 14.3 Å². The Balaban J connectivity index is 1.36. The first kappa shape index (κ1) is 33.3. The summed E-state index contributed by atoms with van der Waals surface area (Å²) >= 11 is 0. The Morgan fingerprint density at radius 3 is 2.12 bits per heavy atom. The van der Waals surface area contributed by atoms with Gasteiger partial charge in [-0.1, -0.05) is 18.2 Å². The molecule has 4 aromatic rings. The van der Waals surface area contributed by atoms with Gasteiger partial charge in [0.2, 0.25) is 12.5 Å². The van der Waals surface area contributed by atoms with Gasteiger partial charge < -0.3 is 38.5 Å². The van der Waals surface area contributed by atoms with Crippen molar-refractivity contribution in [3.63, 3.8) is 0 Å². The van der Waals surface area contributed by atoms with E-state index in [4.69, 9.17) is 33.2 Å². The van der Waals surface area contributed by atoms with Gasteiger partial charge in [-0.05, 0) is 70.8 Å². The summed E-state index contributed by atoms with van der Waals surface area (Å²) < 4.78 is 39.8. The highest BCUT2D eigenvalue weighted by molar-refractivity contribution is 6.25. The minimum Gasteiger partial charge on any atom is -0.496 e. The molecular formula is C38H34N2O11. The van der Waals surface area contributed by atoms with Gasteiger partial charge in [-0.25, -0.2) is 0 Å². The number of hydrogen-bond donors (Lipinski definition) is 1. The molecule has 2 heterocycles. The lowest BCUT2D eigenvalue weighted by atomic mass is 9.65. The van der Waals surface area contributed by atoms with Crippen molar-refractivity contribution in [1.82, 2.24) is 5.32 Å². The van der Waals surface area contributed by atoms with Gasteiger partial charge in [0.05, 0.1) is 57.5 Å². The lowest BCUT2D eigenvalue weighted by Gasteiger charge is -2.39. The molecule has 1 amide bonds. The highest BCUT2D eigenvalue weighted by Gasteiger charge is 2.53. The van der Waals surface area contributed by atoms with Crippen molar-refractivity contribution >= 4 is 29.2 Å². The monoisotopic (exact) mass is 694 g/mol. The number of carbonyl (C=O) groups is 2. The summed E-state index contributed by atoms with van der Waals surface area (Å²) in [6, 6.07) is 19.6. The van der Waals surface area contributed by atoms with Crippen molar-refractivity contribution in [3.05, 3.63) is 111 Å². The van der Waals surface area contributed by atoms with Crippen LogP contribution in [0, 0.1) is 22.0 Å². The number of nitro groups is 1. The van der Waals surface area contributed by atoms with Crippen LogP contribution in [0.1, 0.15) is 39.8 Å². The lowest BCUT2D eigenvalue weighted by Crippen LogP contribution is -2.43. The maximum absolute atomic E-state index is 14.6. The first-order chi connectivity index (χ1) is 24.8. The van der Waals surface area contributed by atoms with Crippen LogP contribution in [0.4, 0.5) is 5.69 Å². The highest BCUT2D eigenvalue weighted by Crippen LogP contribution is 2.55. The molecule has 0 saturated carbocycles. The first-order valence-corrected chi connectivity index (χ1v) is 16.1. The van der Waals surface area contributed by atoms with Gasteiger partial charge >= 0.3 is 5.97 Å². The van der Waals surface area contributed by atoms with E-state index in [1.165, 1.54) is 40.6 Å². The summed E-state index contributed by atoms with van der Waals surface area (Å²) in [5.41, 5.74) is 3.41. The zero-order valence-electron chi connectivity index (χ0n) is 28.2.